The van der Waals surface area contributed by atoms with Crippen LogP contribution in [0.1, 0.15) is 24.5 Å². The van der Waals surface area contributed by atoms with Gasteiger partial charge in [0, 0.05) is 44.1 Å². The molecule has 8 heteroatoms. The number of carbonyl (C=O) groups is 1. The van der Waals surface area contributed by atoms with Gasteiger partial charge in [0.15, 0.2) is 0 Å². The number of amides is 1. The number of carbonyl (C=O) groups excluding carboxylic acids is 1. The highest BCUT2D eigenvalue weighted by atomic mass is 32.2. The zero-order valence-electron chi connectivity index (χ0n) is 16.9. The SMILES string of the molecule is CC1=C(c2ccccc2)S(=O)(=O)N=C1N1CCCN(C(=O)Cc2cccnc2)CC1. The number of nitrogens with zero attached hydrogens (tertiary/aromatic N) is 4. The van der Waals surface area contributed by atoms with E-state index < -0.39 is 10.0 Å². The van der Waals surface area contributed by atoms with E-state index in [4.69, 9.17) is 0 Å². The Bertz CT molecular complexity index is 1100. The number of aromatic nitrogens is 1. The molecule has 0 spiro atoms. The first-order chi connectivity index (χ1) is 14.5. The average Bonchev–Trinajstić information content (AvgIpc) is 2.90. The van der Waals surface area contributed by atoms with Gasteiger partial charge in [-0.1, -0.05) is 36.4 Å². The molecule has 0 N–H and O–H groups in total. The molecule has 2 aromatic rings. The van der Waals surface area contributed by atoms with Crippen LogP contribution in [0.2, 0.25) is 0 Å². The van der Waals surface area contributed by atoms with Gasteiger partial charge < -0.3 is 9.80 Å². The maximum Gasteiger partial charge on any atom is 0.285 e. The topological polar surface area (TPSA) is 82.9 Å². The Balaban J connectivity index is 1.49. The molecule has 1 amide bonds. The van der Waals surface area contributed by atoms with Crippen molar-refractivity contribution in [2.24, 2.45) is 4.40 Å². The predicted molar refractivity (Wildman–Crippen MR) is 116 cm³/mol. The minimum Gasteiger partial charge on any atom is -0.354 e. The van der Waals surface area contributed by atoms with Gasteiger partial charge in [0.2, 0.25) is 5.91 Å². The molecule has 1 aromatic heterocycles. The van der Waals surface area contributed by atoms with Crippen molar-refractivity contribution in [3.05, 3.63) is 71.6 Å². The lowest BCUT2D eigenvalue weighted by Gasteiger charge is -2.23. The van der Waals surface area contributed by atoms with Gasteiger partial charge in [-0.2, -0.15) is 8.42 Å². The number of hydrogen-bond donors (Lipinski definition) is 0. The minimum atomic E-state index is -3.73. The summed E-state index contributed by atoms with van der Waals surface area (Å²) >= 11 is 0. The first-order valence-corrected chi connectivity index (χ1v) is 11.4. The summed E-state index contributed by atoms with van der Waals surface area (Å²) in [5.74, 6) is 0.554. The smallest absolute Gasteiger partial charge is 0.285 e. The molecule has 4 rings (SSSR count). The Labute approximate surface area is 176 Å². The zero-order chi connectivity index (χ0) is 21.1. The van der Waals surface area contributed by atoms with Crippen LogP contribution >= 0.6 is 0 Å². The molecule has 1 aromatic carbocycles. The van der Waals surface area contributed by atoms with Crippen LogP contribution in [0.5, 0.6) is 0 Å². The van der Waals surface area contributed by atoms with Crippen molar-refractivity contribution >= 4 is 26.7 Å². The first-order valence-electron chi connectivity index (χ1n) is 9.99. The summed E-state index contributed by atoms with van der Waals surface area (Å²) in [5.41, 5.74) is 2.20. The van der Waals surface area contributed by atoms with Crippen LogP contribution < -0.4 is 0 Å². The van der Waals surface area contributed by atoms with E-state index in [0.717, 1.165) is 12.0 Å². The molecule has 0 aliphatic carbocycles. The third-order valence-corrected chi connectivity index (χ3v) is 6.87. The van der Waals surface area contributed by atoms with Crippen molar-refractivity contribution in [2.75, 3.05) is 26.2 Å². The summed E-state index contributed by atoms with van der Waals surface area (Å²) in [7, 11) is -3.73. The summed E-state index contributed by atoms with van der Waals surface area (Å²) in [4.78, 5) is 20.9. The first kappa shape index (κ1) is 20.3. The Hall–Kier alpha value is -3.00. The third-order valence-electron chi connectivity index (χ3n) is 5.40. The maximum atomic E-state index is 12.7. The Morgan fingerprint density at radius 3 is 2.57 bits per heavy atom. The van der Waals surface area contributed by atoms with Crippen molar-refractivity contribution in [1.82, 2.24) is 14.8 Å². The van der Waals surface area contributed by atoms with E-state index in [1.165, 1.54) is 0 Å². The number of pyridine rings is 1. The van der Waals surface area contributed by atoms with E-state index in [0.29, 0.717) is 49.6 Å². The van der Waals surface area contributed by atoms with Crippen molar-refractivity contribution in [2.45, 2.75) is 19.8 Å². The Morgan fingerprint density at radius 1 is 1.03 bits per heavy atom. The maximum absolute atomic E-state index is 12.7. The molecule has 7 nitrogen and oxygen atoms in total. The fourth-order valence-corrected chi connectivity index (χ4v) is 5.42. The fraction of sp³-hybridized carbons (Fsp3) is 0.318. The third kappa shape index (κ3) is 4.14. The lowest BCUT2D eigenvalue weighted by Crippen LogP contribution is -2.38. The molecule has 0 bridgehead atoms. The molecule has 2 aliphatic heterocycles. The minimum absolute atomic E-state index is 0.0584. The van der Waals surface area contributed by atoms with Crippen LogP contribution in [0.4, 0.5) is 0 Å². The van der Waals surface area contributed by atoms with E-state index >= 15 is 0 Å². The van der Waals surface area contributed by atoms with Crippen molar-refractivity contribution in [1.29, 1.82) is 0 Å². The molecule has 0 unspecified atom stereocenters. The molecule has 0 atom stereocenters. The van der Waals surface area contributed by atoms with Gasteiger partial charge in [-0.3, -0.25) is 9.78 Å². The quantitative estimate of drug-likeness (QED) is 0.755. The van der Waals surface area contributed by atoms with Crippen LogP contribution in [0.25, 0.3) is 4.91 Å². The van der Waals surface area contributed by atoms with Crippen molar-refractivity contribution in [3.8, 4) is 0 Å². The van der Waals surface area contributed by atoms with E-state index in [1.807, 2.05) is 47.1 Å². The lowest BCUT2D eigenvalue weighted by molar-refractivity contribution is -0.130. The van der Waals surface area contributed by atoms with Gasteiger partial charge in [-0.25, -0.2) is 0 Å². The summed E-state index contributed by atoms with van der Waals surface area (Å²) in [6.45, 7) is 4.19. The molecule has 1 saturated heterocycles. The van der Waals surface area contributed by atoms with Crippen molar-refractivity contribution < 1.29 is 13.2 Å². The molecular weight excluding hydrogens is 400 g/mol. The largest absolute Gasteiger partial charge is 0.354 e. The monoisotopic (exact) mass is 424 g/mol. The van der Waals surface area contributed by atoms with Gasteiger partial charge >= 0.3 is 0 Å². The van der Waals surface area contributed by atoms with Gasteiger partial charge in [0.25, 0.3) is 10.0 Å². The second-order valence-electron chi connectivity index (χ2n) is 7.47. The number of amidine groups is 1. The van der Waals surface area contributed by atoms with Gasteiger partial charge in [-0.15, -0.1) is 4.40 Å². The summed E-state index contributed by atoms with van der Waals surface area (Å²) < 4.78 is 29.6. The molecule has 3 heterocycles. The number of benzene rings is 1. The van der Waals surface area contributed by atoms with E-state index in [2.05, 4.69) is 9.38 Å². The predicted octanol–water partition coefficient (Wildman–Crippen LogP) is 2.33. The number of hydrogen-bond acceptors (Lipinski definition) is 5. The van der Waals surface area contributed by atoms with Gasteiger partial charge in [0.05, 0.1) is 6.42 Å². The molecule has 0 radical (unpaired) electrons. The molecular formula is C22H24N4O3S. The van der Waals surface area contributed by atoms with Crippen LogP contribution in [-0.4, -0.2) is 61.1 Å². The second kappa shape index (κ2) is 8.39. The van der Waals surface area contributed by atoms with Gasteiger partial charge in [0.1, 0.15) is 10.7 Å². The highest BCUT2D eigenvalue weighted by Gasteiger charge is 2.34. The fourth-order valence-electron chi connectivity index (χ4n) is 3.94. The zero-order valence-corrected chi connectivity index (χ0v) is 17.7. The molecule has 1 fully saturated rings. The highest BCUT2D eigenvalue weighted by molar-refractivity contribution is 8.00. The van der Waals surface area contributed by atoms with Gasteiger partial charge in [-0.05, 0) is 30.5 Å². The van der Waals surface area contributed by atoms with Crippen LogP contribution in [0.3, 0.4) is 0 Å². The standard InChI is InChI=1S/C22H24N4O3S/c1-17-21(19-8-3-2-4-9-19)30(28,29)24-22(17)26-12-6-11-25(13-14-26)20(27)15-18-7-5-10-23-16-18/h2-5,7-10,16H,6,11-15H2,1H3. The molecule has 30 heavy (non-hydrogen) atoms. The molecule has 2 aliphatic rings. The summed E-state index contributed by atoms with van der Waals surface area (Å²) in [5, 5.41) is 0. The number of sulfonamides is 1. The Kier molecular flexibility index (Phi) is 5.67. The second-order valence-corrected chi connectivity index (χ2v) is 9.01. The van der Waals surface area contributed by atoms with E-state index in [1.54, 1.807) is 24.5 Å². The summed E-state index contributed by atoms with van der Waals surface area (Å²) in [6.07, 6.45) is 4.47. The Morgan fingerprint density at radius 2 is 1.83 bits per heavy atom. The molecule has 0 saturated carbocycles. The van der Waals surface area contributed by atoms with Crippen LogP contribution in [-0.2, 0) is 21.2 Å². The normalized spacial score (nSPS) is 18.9. The molecule has 156 valence electrons. The lowest BCUT2D eigenvalue weighted by atomic mass is 10.1. The van der Waals surface area contributed by atoms with Crippen LogP contribution in [0.15, 0.2) is 64.8 Å². The number of rotatable bonds is 3. The van der Waals surface area contributed by atoms with Crippen LogP contribution in [0, 0.1) is 0 Å². The van der Waals surface area contributed by atoms with E-state index in [9.17, 15) is 13.2 Å². The highest BCUT2D eigenvalue weighted by Crippen LogP contribution is 2.33. The average molecular weight is 425 g/mol. The van der Waals surface area contributed by atoms with Crippen molar-refractivity contribution in [3.63, 3.8) is 0 Å². The summed E-state index contributed by atoms with van der Waals surface area (Å²) in [6, 6.07) is 12.8. The van der Waals surface area contributed by atoms with E-state index in [-0.39, 0.29) is 10.8 Å².